The number of furan rings is 1. The van der Waals surface area contributed by atoms with Gasteiger partial charge in [0.05, 0.1) is 18.0 Å². The van der Waals surface area contributed by atoms with E-state index in [1.165, 1.54) is 6.26 Å². The average Bonchev–Trinajstić information content (AvgIpc) is 3.16. The van der Waals surface area contributed by atoms with Gasteiger partial charge in [0.15, 0.2) is 11.5 Å². The third-order valence-electron chi connectivity index (χ3n) is 3.51. The maximum atomic E-state index is 12.3. The highest BCUT2D eigenvalue weighted by Gasteiger charge is 2.34. The number of hydrogen-bond donors (Lipinski definition) is 0. The highest BCUT2D eigenvalue weighted by atomic mass is 16.5. The summed E-state index contributed by atoms with van der Waals surface area (Å²) in [5.74, 6) is 1.07. The van der Waals surface area contributed by atoms with Crippen LogP contribution in [-0.4, -0.2) is 22.5 Å². The summed E-state index contributed by atoms with van der Waals surface area (Å²) in [7, 11) is 0. The SMILES string of the molecule is CCc1cc(C2CCCN2C(=O)c2ccco2)on1. The Hall–Kier alpha value is -2.04. The molecule has 2 aromatic heterocycles. The van der Waals surface area contributed by atoms with Crippen molar-refractivity contribution in [3.05, 3.63) is 41.7 Å². The van der Waals surface area contributed by atoms with Crippen LogP contribution in [0.1, 0.15) is 47.8 Å². The van der Waals surface area contributed by atoms with Crippen LogP contribution in [0.2, 0.25) is 0 Å². The molecule has 0 N–H and O–H groups in total. The minimum atomic E-state index is -0.0815. The molecule has 1 aliphatic rings. The lowest BCUT2D eigenvalue weighted by atomic mass is 10.1. The first kappa shape index (κ1) is 12.0. The lowest BCUT2D eigenvalue weighted by molar-refractivity contribution is 0.0682. The molecule has 1 amide bonds. The number of likely N-dealkylation sites (tertiary alicyclic amines) is 1. The minimum Gasteiger partial charge on any atom is -0.459 e. The topological polar surface area (TPSA) is 59.5 Å². The van der Waals surface area contributed by atoms with Gasteiger partial charge in [0.1, 0.15) is 0 Å². The number of aryl methyl sites for hydroxylation is 1. The number of rotatable bonds is 3. The summed E-state index contributed by atoms with van der Waals surface area (Å²) >= 11 is 0. The van der Waals surface area contributed by atoms with Gasteiger partial charge in [-0.15, -0.1) is 0 Å². The highest BCUT2D eigenvalue weighted by Crippen LogP contribution is 2.33. The van der Waals surface area contributed by atoms with Gasteiger partial charge in [-0.1, -0.05) is 12.1 Å². The van der Waals surface area contributed by atoms with Crippen molar-refractivity contribution in [1.82, 2.24) is 10.1 Å². The third kappa shape index (κ3) is 2.16. The molecule has 0 saturated carbocycles. The van der Waals surface area contributed by atoms with Crippen LogP contribution in [0.3, 0.4) is 0 Å². The first-order chi connectivity index (χ1) is 9.29. The first-order valence-corrected chi connectivity index (χ1v) is 6.59. The Balaban J connectivity index is 1.83. The number of carbonyl (C=O) groups excluding carboxylic acids is 1. The van der Waals surface area contributed by atoms with Crippen molar-refractivity contribution in [2.45, 2.75) is 32.2 Å². The third-order valence-corrected chi connectivity index (χ3v) is 3.51. The summed E-state index contributed by atoms with van der Waals surface area (Å²) in [5, 5.41) is 4.00. The molecule has 1 aliphatic heterocycles. The van der Waals surface area contributed by atoms with Gasteiger partial charge in [0.2, 0.25) is 0 Å². The number of amides is 1. The molecular weight excluding hydrogens is 244 g/mol. The van der Waals surface area contributed by atoms with Crippen molar-refractivity contribution in [1.29, 1.82) is 0 Å². The summed E-state index contributed by atoms with van der Waals surface area (Å²) < 4.78 is 10.5. The van der Waals surface area contributed by atoms with Gasteiger partial charge in [0, 0.05) is 12.6 Å². The van der Waals surface area contributed by atoms with E-state index in [-0.39, 0.29) is 11.9 Å². The van der Waals surface area contributed by atoms with Crippen molar-refractivity contribution in [3.63, 3.8) is 0 Å². The number of hydrogen-bond acceptors (Lipinski definition) is 4. The lowest BCUT2D eigenvalue weighted by Crippen LogP contribution is -2.30. The molecule has 5 heteroatoms. The van der Waals surface area contributed by atoms with E-state index in [1.807, 2.05) is 13.0 Å². The van der Waals surface area contributed by atoms with E-state index in [9.17, 15) is 4.79 Å². The second-order valence-electron chi connectivity index (χ2n) is 4.71. The molecule has 3 rings (SSSR count). The van der Waals surface area contributed by atoms with Crippen LogP contribution in [0.15, 0.2) is 33.4 Å². The van der Waals surface area contributed by atoms with Gasteiger partial charge in [-0.3, -0.25) is 4.79 Å². The fraction of sp³-hybridized carbons (Fsp3) is 0.429. The molecule has 19 heavy (non-hydrogen) atoms. The van der Waals surface area contributed by atoms with Crippen molar-refractivity contribution in [2.24, 2.45) is 0 Å². The molecule has 100 valence electrons. The normalized spacial score (nSPS) is 19.0. The van der Waals surface area contributed by atoms with Crippen LogP contribution in [0.4, 0.5) is 0 Å². The van der Waals surface area contributed by atoms with E-state index in [4.69, 9.17) is 8.94 Å². The summed E-state index contributed by atoms with van der Waals surface area (Å²) in [5.41, 5.74) is 0.923. The smallest absolute Gasteiger partial charge is 0.290 e. The average molecular weight is 260 g/mol. The Labute approximate surface area is 111 Å². The molecule has 1 unspecified atom stereocenters. The van der Waals surface area contributed by atoms with Crippen LogP contribution >= 0.6 is 0 Å². The predicted molar refractivity (Wildman–Crippen MR) is 67.6 cm³/mol. The molecule has 5 nitrogen and oxygen atoms in total. The summed E-state index contributed by atoms with van der Waals surface area (Å²) in [4.78, 5) is 14.1. The number of carbonyl (C=O) groups is 1. The van der Waals surface area contributed by atoms with Crippen LogP contribution < -0.4 is 0 Å². The fourth-order valence-corrected chi connectivity index (χ4v) is 2.50. The van der Waals surface area contributed by atoms with E-state index in [1.54, 1.807) is 17.0 Å². The van der Waals surface area contributed by atoms with E-state index < -0.39 is 0 Å². The number of aromatic nitrogens is 1. The molecule has 0 aliphatic carbocycles. The van der Waals surface area contributed by atoms with Gasteiger partial charge >= 0.3 is 0 Å². The molecular formula is C14H16N2O3. The fourth-order valence-electron chi connectivity index (χ4n) is 2.50. The zero-order chi connectivity index (χ0) is 13.2. The standard InChI is InChI=1S/C14H16N2O3/c1-2-10-9-13(19-15-10)11-5-3-7-16(11)14(17)12-6-4-8-18-12/h4,6,8-9,11H,2-3,5,7H2,1H3. The monoisotopic (exact) mass is 260 g/mol. The molecule has 2 aromatic rings. The Kier molecular flexibility index (Phi) is 3.11. The van der Waals surface area contributed by atoms with Gasteiger partial charge in [-0.05, 0) is 31.4 Å². The Bertz CT molecular complexity index is 559. The van der Waals surface area contributed by atoms with E-state index >= 15 is 0 Å². The minimum absolute atomic E-state index is 0.0228. The first-order valence-electron chi connectivity index (χ1n) is 6.59. The van der Waals surface area contributed by atoms with Crippen molar-refractivity contribution in [3.8, 4) is 0 Å². The molecule has 1 atom stereocenters. The molecule has 3 heterocycles. The van der Waals surface area contributed by atoms with Crippen molar-refractivity contribution >= 4 is 5.91 Å². The van der Waals surface area contributed by atoms with Crippen LogP contribution in [0, 0.1) is 0 Å². The van der Waals surface area contributed by atoms with Crippen molar-refractivity contribution in [2.75, 3.05) is 6.54 Å². The van der Waals surface area contributed by atoms with Crippen LogP contribution in [0.5, 0.6) is 0 Å². The molecule has 0 bridgehead atoms. The maximum Gasteiger partial charge on any atom is 0.290 e. The second-order valence-corrected chi connectivity index (χ2v) is 4.71. The molecule has 1 fully saturated rings. The van der Waals surface area contributed by atoms with Gasteiger partial charge in [0.25, 0.3) is 5.91 Å². The maximum absolute atomic E-state index is 12.3. The Morgan fingerprint density at radius 3 is 3.16 bits per heavy atom. The van der Waals surface area contributed by atoms with Crippen molar-refractivity contribution < 1.29 is 13.7 Å². The van der Waals surface area contributed by atoms with E-state index in [2.05, 4.69) is 5.16 Å². The Morgan fingerprint density at radius 2 is 2.47 bits per heavy atom. The van der Waals surface area contributed by atoms with Crippen LogP contribution in [0.25, 0.3) is 0 Å². The summed E-state index contributed by atoms with van der Waals surface area (Å²) in [6.07, 6.45) is 4.23. The quantitative estimate of drug-likeness (QED) is 0.851. The summed E-state index contributed by atoms with van der Waals surface area (Å²) in [6.45, 7) is 2.76. The van der Waals surface area contributed by atoms with Gasteiger partial charge < -0.3 is 13.8 Å². The second kappa shape index (κ2) is 4.91. The molecule has 0 radical (unpaired) electrons. The lowest BCUT2D eigenvalue weighted by Gasteiger charge is -2.21. The molecule has 0 aromatic carbocycles. The van der Waals surface area contributed by atoms with Gasteiger partial charge in [-0.25, -0.2) is 0 Å². The van der Waals surface area contributed by atoms with Crippen LogP contribution in [-0.2, 0) is 6.42 Å². The largest absolute Gasteiger partial charge is 0.459 e. The van der Waals surface area contributed by atoms with E-state index in [0.717, 1.165) is 37.3 Å². The zero-order valence-electron chi connectivity index (χ0n) is 10.8. The van der Waals surface area contributed by atoms with Gasteiger partial charge in [-0.2, -0.15) is 0 Å². The molecule has 1 saturated heterocycles. The Morgan fingerprint density at radius 1 is 1.58 bits per heavy atom. The highest BCUT2D eigenvalue weighted by molar-refractivity contribution is 5.91. The predicted octanol–water partition coefficient (Wildman–Crippen LogP) is 2.81. The zero-order valence-corrected chi connectivity index (χ0v) is 10.8. The molecule has 0 spiro atoms. The summed E-state index contributed by atoms with van der Waals surface area (Å²) in [6, 6.07) is 5.33. The number of nitrogens with zero attached hydrogens (tertiary/aromatic N) is 2. The van der Waals surface area contributed by atoms with E-state index in [0.29, 0.717) is 5.76 Å².